The molecule has 3 N–H and O–H groups in total. The summed E-state index contributed by atoms with van der Waals surface area (Å²) >= 11 is 0. The van der Waals surface area contributed by atoms with Crippen molar-refractivity contribution in [1.29, 1.82) is 0 Å². The van der Waals surface area contributed by atoms with E-state index in [0.29, 0.717) is 29.6 Å². The summed E-state index contributed by atoms with van der Waals surface area (Å²) in [4.78, 5) is 15.8. The average molecular weight is 251 g/mol. The van der Waals surface area contributed by atoms with Crippen LogP contribution in [0.1, 0.15) is 37.6 Å². The second-order valence-electron chi connectivity index (χ2n) is 4.27. The number of esters is 1. The van der Waals surface area contributed by atoms with Crippen LogP contribution in [0.3, 0.4) is 0 Å². The van der Waals surface area contributed by atoms with Gasteiger partial charge in [0.25, 0.3) is 0 Å². The molecule has 0 fully saturated rings. The Hall–Kier alpha value is -1.78. The molecule has 0 spiro atoms. The van der Waals surface area contributed by atoms with Gasteiger partial charge in [0, 0.05) is 6.54 Å². The van der Waals surface area contributed by atoms with Crippen LogP contribution >= 0.6 is 0 Å². The van der Waals surface area contributed by atoms with Gasteiger partial charge in [-0.1, -0.05) is 20.3 Å². The maximum atomic E-state index is 11.7. The van der Waals surface area contributed by atoms with E-state index in [1.54, 1.807) is 13.0 Å². The molecule has 100 valence electrons. The fourth-order valence-corrected chi connectivity index (χ4v) is 1.37. The van der Waals surface area contributed by atoms with E-state index in [0.717, 1.165) is 13.0 Å². The summed E-state index contributed by atoms with van der Waals surface area (Å²) in [7, 11) is 0. The number of hydrogen-bond donors (Lipinski definition) is 2. The van der Waals surface area contributed by atoms with Gasteiger partial charge in [0.2, 0.25) is 0 Å². The average Bonchev–Trinajstić information content (AvgIpc) is 2.37. The Labute approximate surface area is 108 Å². The van der Waals surface area contributed by atoms with Gasteiger partial charge in [-0.15, -0.1) is 0 Å². The first-order chi connectivity index (χ1) is 8.58. The molecule has 0 saturated heterocycles. The molecule has 0 aliphatic rings. The van der Waals surface area contributed by atoms with E-state index in [2.05, 4.69) is 24.1 Å². The molecule has 1 unspecified atom stereocenters. The second-order valence-corrected chi connectivity index (χ2v) is 4.27. The van der Waals surface area contributed by atoms with Crippen molar-refractivity contribution >= 4 is 17.5 Å². The number of carbonyl (C=O) groups excluding carboxylic acids is 1. The summed E-state index contributed by atoms with van der Waals surface area (Å²) in [6.45, 7) is 7.19. The number of nitrogens with one attached hydrogen (secondary N) is 1. The van der Waals surface area contributed by atoms with Gasteiger partial charge >= 0.3 is 5.97 Å². The number of pyridine rings is 1. The van der Waals surface area contributed by atoms with Crippen LogP contribution in [0, 0.1) is 5.92 Å². The van der Waals surface area contributed by atoms with Crippen LogP contribution in [-0.4, -0.2) is 24.1 Å². The fourth-order valence-electron chi connectivity index (χ4n) is 1.37. The first-order valence-electron chi connectivity index (χ1n) is 6.25. The number of aromatic nitrogens is 1. The lowest BCUT2D eigenvalue weighted by Gasteiger charge is -2.12. The van der Waals surface area contributed by atoms with Gasteiger partial charge < -0.3 is 15.8 Å². The highest BCUT2D eigenvalue weighted by atomic mass is 16.5. The van der Waals surface area contributed by atoms with Crippen molar-refractivity contribution in [2.24, 2.45) is 5.92 Å². The molecule has 1 rings (SSSR count). The molecule has 0 aliphatic carbocycles. The van der Waals surface area contributed by atoms with Crippen molar-refractivity contribution in [3.05, 3.63) is 17.8 Å². The van der Waals surface area contributed by atoms with E-state index in [4.69, 9.17) is 10.5 Å². The van der Waals surface area contributed by atoms with Gasteiger partial charge in [-0.25, -0.2) is 9.78 Å². The van der Waals surface area contributed by atoms with Crippen molar-refractivity contribution < 1.29 is 9.53 Å². The lowest BCUT2D eigenvalue weighted by molar-refractivity contribution is 0.0527. The minimum atomic E-state index is -0.413. The highest BCUT2D eigenvalue weighted by molar-refractivity contribution is 5.95. The molecule has 0 bridgehead atoms. The lowest BCUT2D eigenvalue weighted by atomic mass is 10.1. The fraction of sp³-hybridized carbons (Fsp3) is 0.538. The predicted molar refractivity (Wildman–Crippen MR) is 72.6 cm³/mol. The van der Waals surface area contributed by atoms with Crippen molar-refractivity contribution in [1.82, 2.24) is 4.98 Å². The number of hydrogen-bond acceptors (Lipinski definition) is 5. The molecule has 0 radical (unpaired) electrons. The highest BCUT2D eigenvalue weighted by Gasteiger charge is 2.12. The van der Waals surface area contributed by atoms with E-state index in [-0.39, 0.29) is 0 Å². The summed E-state index contributed by atoms with van der Waals surface area (Å²) in [5.41, 5.74) is 6.41. The summed E-state index contributed by atoms with van der Waals surface area (Å²) in [5.74, 6) is 0.784. The molecule has 0 amide bonds. The zero-order valence-corrected chi connectivity index (χ0v) is 11.2. The number of rotatable bonds is 6. The maximum absolute atomic E-state index is 11.7. The van der Waals surface area contributed by atoms with Gasteiger partial charge in [0.15, 0.2) is 0 Å². The lowest BCUT2D eigenvalue weighted by Crippen LogP contribution is -2.13. The molecule has 0 aliphatic heterocycles. The molecular weight excluding hydrogens is 230 g/mol. The van der Waals surface area contributed by atoms with E-state index in [1.165, 1.54) is 6.20 Å². The molecule has 1 atom stereocenters. The van der Waals surface area contributed by atoms with Gasteiger partial charge in [-0.2, -0.15) is 0 Å². The topological polar surface area (TPSA) is 77.2 Å². The molecule has 1 aromatic heterocycles. The van der Waals surface area contributed by atoms with Crippen molar-refractivity contribution in [3.63, 3.8) is 0 Å². The van der Waals surface area contributed by atoms with Gasteiger partial charge in [-0.3, -0.25) is 0 Å². The molecular formula is C13H21N3O2. The third kappa shape index (κ3) is 3.91. The van der Waals surface area contributed by atoms with Crippen LogP contribution in [-0.2, 0) is 4.74 Å². The van der Waals surface area contributed by atoms with E-state index in [1.807, 2.05) is 0 Å². The smallest absolute Gasteiger partial charge is 0.340 e. The predicted octanol–water partition coefficient (Wildman–Crippen LogP) is 2.30. The zero-order chi connectivity index (χ0) is 13.5. The largest absolute Gasteiger partial charge is 0.462 e. The number of nitrogens with two attached hydrogens (primary N) is 1. The van der Waals surface area contributed by atoms with Crippen LogP contribution in [0.15, 0.2) is 12.3 Å². The molecule has 18 heavy (non-hydrogen) atoms. The summed E-state index contributed by atoms with van der Waals surface area (Å²) < 4.78 is 4.94. The van der Waals surface area contributed by atoms with Crippen LogP contribution in [0.25, 0.3) is 0 Å². The normalized spacial score (nSPS) is 11.9. The van der Waals surface area contributed by atoms with Crippen molar-refractivity contribution in [2.75, 3.05) is 24.2 Å². The van der Waals surface area contributed by atoms with Gasteiger partial charge in [0.05, 0.1) is 24.1 Å². The van der Waals surface area contributed by atoms with Crippen LogP contribution < -0.4 is 11.1 Å². The van der Waals surface area contributed by atoms with Crippen molar-refractivity contribution in [2.45, 2.75) is 27.2 Å². The molecule has 1 aromatic rings. The third-order valence-electron chi connectivity index (χ3n) is 2.76. The Morgan fingerprint density at radius 1 is 1.56 bits per heavy atom. The van der Waals surface area contributed by atoms with Gasteiger partial charge in [-0.05, 0) is 18.9 Å². The van der Waals surface area contributed by atoms with E-state index in [9.17, 15) is 4.79 Å². The summed E-state index contributed by atoms with van der Waals surface area (Å²) in [6.07, 6.45) is 2.57. The standard InChI is InChI=1S/C13H21N3O2/c1-4-9(3)7-15-12-6-10(11(14)8-16-12)13(17)18-5-2/h6,8-9H,4-5,7,14H2,1-3H3,(H,15,16). The number of nitrogens with zero attached hydrogens (tertiary/aromatic N) is 1. The van der Waals surface area contributed by atoms with Gasteiger partial charge in [0.1, 0.15) is 5.82 Å². The Kier molecular flexibility index (Phi) is 5.42. The maximum Gasteiger partial charge on any atom is 0.340 e. The molecule has 0 saturated carbocycles. The van der Waals surface area contributed by atoms with Crippen LogP contribution in [0.2, 0.25) is 0 Å². The van der Waals surface area contributed by atoms with E-state index >= 15 is 0 Å². The first kappa shape index (κ1) is 14.3. The summed E-state index contributed by atoms with van der Waals surface area (Å²) in [6, 6.07) is 1.63. The Bertz CT molecular complexity index is 407. The highest BCUT2D eigenvalue weighted by Crippen LogP contribution is 2.16. The first-order valence-corrected chi connectivity index (χ1v) is 6.25. The number of anilines is 2. The third-order valence-corrected chi connectivity index (χ3v) is 2.76. The number of nitrogen functional groups attached to an aromatic ring is 1. The Morgan fingerprint density at radius 2 is 2.28 bits per heavy atom. The van der Waals surface area contributed by atoms with Crippen LogP contribution in [0.5, 0.6) is 0 Å². The summed E-state index contributed by atoms with van der Waals surface area (Å²) in [5, 5.41) is 3.19. The van der Waals surface area contributed by atoms with E-state index < -0.39 is 5.97 Å². The minimum absolute atomic E-state index is 0.330. The molecule has 0 aromatic carbocycles. The molecule has 1 heterocycles. The number of carbonyl (C=O) groups is 1. The molecule has 5 heteroatoms. The SMILES string of the molecule is CCOC(=O)c1cc(NCC(C)CC)ncc1N. The number of ether oxygens (including phenoxy) is 1. The minimum Gasteiger partial charge on any atom is -0.462 e. The molecule has 5 nitrogen and oxygen atoms in total. The zero-order valence-electron chi connectivity index (χ0n) is 11.2. The van der Waals surface area contributed by atoms with Crippen molar-refractivity contribution in [3.8, 4) is 0 Å². The van der Waals surface area contributed by atoms with Crippen LogP contribution in [0.4, 0.5) is 11.5 Å². The Balaban J connectivity index is 2.77. The quantitative estimate of drug-likeness (QED) is 0.758. The second kappa shape index (κ2) is 6.83. The Morgan fingerprint density at radius 3 is 2.89 bits per heavy atom. The monoisotopic (exact) mass is 251 g/mol.